The second kappa shape index (κ2) is 4.58. The predicted octanol–water partition coefficient (Wildman–Crippen LogP) is 0.195. The van der Waals surface area contributed by atoms with Crippen LogP contribution in [0.3, 0.4) is 0 Å². The number of hydrogen-bond acceptors (Lipinski definition) is 3. The number of likely N-dealkylation sites (tertiary alicyclic amines) is 1. The Kier molecular flexibility index (Phi) is 3.09. The molecule has 1 saturated carbocycles. The highest BCUT2D eigenvalue weighted by molar-refractivity contribution is 5.82. The van der Waals surface area contributed by atoms with Gasteiger partial charge in [-0.1, -0.05) is 6.42 Å². The van der Waals surface area contributed by atoms with E-state index in [1.165, 1.54) is 19.3 Å². The van der Waals surface area contributed by atoms with Gasteiger partial charge in [0.15, 0.2) is 0 Å². The van der Waals surface area contributed by atoms with Crippen LogP contribution in [-0.4, -0.2) is 49.1 Å². The molecule has 96 valence electrons. The van der Waals surface area contributed by atoms with E-state index in [0.717, 1.165) is 38.0 Å². The summed E-state index contributed by atoms with van der Waals surface area (Å²) >= 11 is 0. The van der Waals surface area contributed by atoms with E-state index >= 15 is 0 Å². The summed E-state index contributed by atoms with van der Waals surface area (Å²) < 4.78 is 0. The van der Waals surface area contributed by atoms with Crippen molar-refractivity contribution in [3.05, 3.63) is 0 Å². The van der Waals surface area contributed by atoms with Gasteiger partial charge in [-0.25, -0.2) is 0 Å². The van der Waals surface area contributed by atoms with Crippen LogP contribution in [0.15, 0.2) is 0 Å². The van der Waals surface area contributed by atoms with Crippen LogP contribution in [0.1, 0.15) is 26.2 Å². The highest BCUT2D eigenvalue weighted by Gasteiger charge is 2.40. The summed E-state index contributed by atoms with van der Waals surface area (Å²) in [6, 6.07) is 0.488. The normalized spacial score (nSPS) is 41.6. The van der Waals surface area contributed by atoms with Crippen LogP contribution in [0.4, 0.5) is 0 Å². The minimum Gasteiger partial charge on any atom is -0.341 e. The molecule has 0 bridgehead atoms. The van der Waals surface area contributed by atoms with Crippen LogP contribution in [-0.2, 0) is 4.79 Å². The smallest absolute Gasteiger partial charge is 0.241 e. The van der Waals surface area contributed by atoms with Gasteiger partial charge in [0.1, 0.15) is 0 Å². The Balaban J connectivity index is 1.56. The quantitative estimate of drug-likeness (QED) is 0.684. The van der Waals surface area contributed by atoms with E-state index < -0.39 is 0 Å². The molecular weight excluding hydrogens is 214 g/mol. The Hall–Kier alpha value is -0.610. The molecule has 4 nitrogen and oxygen atoms in total. The van der Waals surface area contributed by atoms with E-state index in [-0.39, 0.29) is 6.04 Å². The van der Waals surface area contributed by atoms with Gasteiger partial charge < -0.3 is 15.5 Å². The van der Waals surface area contributed by atoms with Gasteiger partial charge in [-0.15, -0.1) is 0 Å². The molecule has 0 radical (unpaired) electrons. The summed E-state index contributed by atoms with van der Waals surface area (Å²) in [5, 5.41) is 6.73. The number of amides is 1. The van der Waals surface area contributed by atoms with Crippen molar-refractivity contribution in [2.45, 2.75) is 38.3 Å². The van der Waals surface area contributed by atoms with Gasteiger partial charge in [0.05, 0.1) is 6.04 Å². The number of hydrogen-bond donors (Lipinski definition) is 2. The molecule has 3 aliphatic rings. The molecule has 0 aromatic carbocycles. The van der Waals surface area contributed by atoms with Crippen molar-refractivity contribution < 1.29 is 4.79 Å². The van der Waals surface area contributed by atoms with Crippen molar-refractivity contribution >= 4 is 5.91 Å². The zero-order valence-electron chi connectivity index (χ0n) is 10.6. The Morgan fingerprint density at radius 2 is 1.82 bits per heavy atom. The summed E-state index contributed by atoms with van der Waals surface area (Å²) in [4.78, 5) is 14.5. The van der Waals surface area contributed by atoms with Crippen LogP contribution in [0.25, 0.3) is 0 Å². The number of nitrogens with zero attached hydrogens (tertiary/aromatic N) is 1. The van der Waals surface area contributed by atoms with Crippen LogP contribution in [0.5, 0.6) is 0 Å². The second-order valence-corrected chi connectivity index (χ2v) is 5.96. The Labute approximate surface area is 103 Å². The number of piperazine rings is 1. The Bertz CT molecular complexity index is 287. The van der Waals surface area contributed by atoms with Crippen molar-refractivity contribution in [2.75, 3.05) is 26.2 Å². The lowest BCUT2D eigenvalue weighted by molar-refractivity contribution is -0.133. The topological polar surface area (TPSA) is 44.4 Å². The maximum absolute atomic E-state index is 12.4. The Morgan fingerprint density at radius 3 is 2.41 bits per heavy atom. The first-order valence-electron chi connectivity index (χ1n) is 6.99. The minimum atomic E-state index is 0.00465. The molecule has 4 heteroatoms. The highest BCUT2D eigenvalue weighted by atomic mass is 16.2. The van der Waals surface area contributed by atoms with Gasteiger partial charge >= 0.3 is 0 Å². The summed E-state index contributed by atoms with van der Waals surface area (Å²) in [7, 11) is 0. The maximum Gasteiger partial charge on any atom is 0.241 e. The predicted molar refractivity (Wildman–Crippen MR) is 66.7 cm³/mol. The number of carbonyl (C=O) groups excluding carboxylic acids is 1. The summed E-state index contributed by atoms with van der Waals surface area (Å²) in [5.41, 5.74) is 0. The zero-order chi connectivity index (χ0) is 11.8. The molecule has 2 saturated heterocycles. The van der Waals surface area contributed by atoms with Crippen LogP contribution in [0, 0.1) is 11.8 Å². The van der Waals surface area contributed by atoms with Crippen molar-refractivity contribution in [1.82, 2.24) is 15.5 Å². The molecule has 1 amide bonds. The van der Waals surface area contributed by atoms with Crippen molar-refractivity contribution in [2.24, 2.45) is 11.8 Å². The third kappa shape index (κ3) is 2.20. The molecule has 17 heavy (non-hydrogen) atoms. The van der Waals surface area contributed by atoms with Gasteiger partial charge in [-0.05, 0) is 31.6 Å². The monoisotopic (exact) mass is 237 g/mol. The summed E-state index contributed by atoms with van der Waals surface area (Å²) in [5.74, 6) is 1.92. The SMILES string of the molecule is CC1CNC(C(=O)N2CC3CCCC3C2)CN1. The molecule has 0 aromatic rings. The van der Waals surface area contributed by atoms with E-state index in [4.69, 9.17) is 0 Å². The number of nitrogens with one attached hydrogen (secondary N) is 2. The lowest BCUT2D eigenvalue weighted by atomic mass is 10.0. The van der Waals surface area contributed by atoms with Crippen molar-refractivity contribution in [3.8, 4) is 0 Å². The van der Waals surface area contributed by atoms with Crippen molar-refractivity contribution in [1.29, 1.82) is 0 Å². The molecule has 2 heterocycles. The number of carbonyl (C=O) groups is 1. The third-order valence-electron chi connectivity index (χ3n) is 4.68. The Morgan fingerprint density at radius 1 is 1.12 bits per heavy atom. The second-order valence-electron chi connectivity index (χ2n) is 5.96. The van der Waals surface area contributed by atoms with E-state index in [1.54, 1.807) is 0 Å². The number of rotatable bonds is 1. The van der Waals surface area contributed by atoms with Gasteiger partial charge in [0.25, 0.3) is 0 Å². The van der Waals surface area contributed by atoms with E-state index in [0.29, 0.717) is 11.9 Å². The van der Waals surface area contributed by atoms with E-state index in [9.17, 15) is 4.79 Å². The first-order chi connectivity index (χ1) is 8.24. The van der Waals surface area contributed by atoms with E-state index in [1.807, 2.05) is 0 Å². The molecule has 0 spiro atoms. The van der Waals surface area contributed by atoms with Gasteiger partial charge in [-0.2, -0.15) is 0 Å². The van der Waals surface area contributed by atoms with Crippen LogP contribution >= 0.6 is 0 Å². The largest absolute Gasteiger partial charge is 0.341 e. The first-order valence-corrected chi connectivity index (χ1v) is 6.99. The minimum absolute atomic E-state index is 0.00465. The van der Waals surface area contributed by atoms with Gasteiger partial charge in [0.2, 0.25) is 5.91 Å². The van der Waals surface area contributed by atoms with Crippen molar-refractivity contribution in [3.63, 3.8) is 0 Å². The molecule has 4 unspecified atom stereocenters. The van der Waals surface area contributed by atoms with Gasteiger partial charge in [-0.3, -0.25) is 4.79 Å². The molecule has 4 atom stereocenters. The van der Waals surface area contributed by atoms with Crippen LogP contribution in [0.2, 0.25) is 0 Å². The fourth-order valence-corrected chi connectivity index (χ4v) is 3.59. The standard InChI is InChI=1S/C13H23N3O/c1-9-5-15-12(6-14-9)13(17)16-7-10-3-2-4-11(10)8-16/h9-12,14-15H,2-8H2,1H3. The average molecular weight is 237 g/mol. The molecule has 1 aliphatic carbocycles. The molecule has 0 aromatic heterocycles. The molecule has 2 aliphatic heterocycles. The first kappa shape index (κ1) is 11.5. The molecule has 3 fully saturated rings. The number of fused-ring (bicyclic) bond motifs is 1. The average Bonchev–Trinajstić information content (AvgIpc) is 2.89. The third-order valence-corrected chi connectivity index (χ3v) is 4.68. The molecular formula is C13H23N3O. The summed E-state index contributed by atoms with van der Waals surface area (Å²) in [6.07, 6.45) is 4.04. The zero-order valence-corrected chi connectivity index (χ0v) is 10.6. The maximum atomic E-state index is 12.4. The molecule has 3 rings (SSSR count). The summed E-state index contributed by atoms with van der Waals surface area (Å²) in [6.45, 7) is 5.85. The van der Waals surface area contributed by atoms with Gasteiger partial charge in [0, 0.05) is 32.2 Å². The highest BCUT2D eigenvalue weighted by Crippen LogP contribution is 2.37. The molecule has 2 N–H and O–H groups in total. The van der Waals surface area contributed by atoms with Crippen LogP contribution < -0.4 is 10.6 Å². The lowest BCUT2D eigenvalue weighted by Crippen LogP contribution is -2.59. The fourth-order valence-electron chi connectivity index (χ4n) is 3.59. The van der Waals surface area contributed by atoms with E-state index in [2.05, 4.69) is 22.5 Å². The fraction of sp³-hybridized carbons (Fsp3) is 0.923. The lowest BCUT2D eigenvalue weighted by Gasteiger charge is -2.31.